The van der Waals surface area contributed by atoms with Crippen molar-refractivity contribution >= 4 is 34.6 Å². The van der Waals surface area contributed by atoms with E-state index in [9.17, 15) is 9.59 Å². The number of benzene rings is 1. The summed E-state index contributed by atoms with van der Waals surface area (Å²) >= 11 is 0. The fourth-order valence-corrected chi connectivity index (χ4v) is 5.57. The number of fused-ring (bicyclic) bond motifs is 5. The first-order valence-corrected chi connectivity index (χ1v) is 12.2. The van der Waals surface area contributed by atoms with E-state index in [1.807, 2.05) is 44.5 Å². The van der Waals surface area contributed by atoms with Crippen LogP contribution in [0.1, 0.15) is 63.1 Å². The topological polar surface area (TPSA) is 76.8 Å². The van der Waals surface area contributed by atoms with E-state index < -0.39 is 5.41 Å². The molecule has 3 aliphatic heterocycles. The molecular formula is C27H28N4O3. The molecule has 1 atom stereocenters. The first kappa shape index (κ1) is 21.1. The first-order chi connectivity index (χ1) is 16.5. The van der Waals surface area contributed by atoms with Crippen molar-refractivity contribution in [3.63, 3.8) is 0 Å². The van der Waals surface area contributed by atoms with Crippen LogP contribution in [0.25, 0.3) is 22.3 Å². The van der Waals surface area contributed by atoms with Crippen molar-refractivity contribution < 1.29 is 9.53 Å². The molecule has 0 radical (unpaired) electrons. The SMILES string of the molecule is CCCCCN1C=Nc2cccc3nc4c(c1c23)Cn1c-4cc2c(c1=O)COC(=O)C2(C)CC. The predicted octanol–water partition coefficient (Wildman–Crippen LogP) is 4.82. The summed E-state index contributed by atoms with van der Waals surface area (Å²) in [5.41, 5.74) is 6.00. The quantitative estimate of drug-likeness (QED) is 0.318. The van der Waals surface area contributed by atoms with Crippen molar-refractivity contribution in [1.29, 1.82) is 0 Å². The fourth-order valence-electron chi connectivity index (χ4n) is 5.57. The van der Waals surface area contributed by atoms with E-state index >= 15 is 0 Å². The lowest BCUT2D eigenvalue weighted by Gasteiger charge is -2.33. The van der Waals surface area contributed by atoms with Gasteiger partial charge in [0, 0.05) is 12.1 Å². The third-order valence-corrected chi connectivity index (χ3v) is 7.75. The van der Waals surface area contributed by atoms with Crippen LogP contribution in [0.2, 0.25) is 0 Å². The van der Waals surface area contributed by atoms with E-state index in [-0.39, 0.29) is 18.1 Å². The Bertz CT molecular complexity index is 1450. The standard InChI is InChI=1S/C27H28N4O3/c1-4-6-7-11-30-15-28-19-9-8-10-20-22(19)24(30)16-13-31-21(23(16)29-20)12-18-17(25(31)32)14-34-26(33)27(18,3)5-2/h8-10,12,15H,4-7,11,13-14H2,1-3H3. The van der Waals surface area contributed by atoms with E-state index in [1.165, 1.54) is 0 Å². The molecule has 5 heterocycles. The molecule has 0 bridgehead atoms. The summed E-state index contributed by atoms with van der Waals surface area (Å²) in [5.74, 6) is -0.269. The number of aromatic nitrogens is 2. The maximum atomic E-state index is 13.7. The second-order valence-electron chi connectivity index (χ2n) is 9.68. The van der Waals surface area contributed by atoms with Crippen molar-refractivity contribution in [3.8, 4) is 11.4 Å². The number of ether oxygens (including phenoxy) is 1. The monoisotopic (exact) mass is 456 g/mol. The number of anilines is 1. The highest BCUT2D eigenvalue weighted by atomic mass is 16.5. The Morgan fingerprint density at radius 1 is 1.15 bits per heavy atom. The minimum absolute atomic E-state index is 0.0292. The molecule has 1 unspecified atom stereocenters. The lowest BCUT2D eigenvalue weighted by molar-refractivity contribution is -0.153. The molecule has 0 N–H and O–H groups in total. The van der Waals surface area contributed by atoms with Crippen molar-refractivity contribution in [3.05, 3.63) is 51.3 Å². The highest BCUT2D eigenvalue weighted by Gasteiger charge is 2.43. The number of nitrogens with zero attached hydrogens (tertiary/aromatic N) is 4. The molecule has 0 aliphatic carbocycles. The van der Waals surface area contributed by atoms with Crippen LogP contribution in [0.5, 0.6) is 0 Å². The second kappa shape index (κ2) is 7.52. The van der Waals surface area contributed by atoms with Gasteiger partial charge in [0.1, 0.15) is 6.61 Å². The van der Waals surface area contributed by atoms with Crippen LogP contribution in [0.15, 0.2) is 34.1 Å². The van der Waals surface area contributed by atoms with Gasteiger partial charge in [0.05, 0.1) is 57.5 Å². The van der Waals surface area contributed by atoms with E-state index in [0.717, 1.165) is 70.6 Å². The molecule has 0 amide bonds. The van der Waals surface area contributed by atoms with Crippen molar-refractivity contribution in [2.75, 3.05) is 11.4 Å². The molecule has 7 heteroatoms. The van der Waals surface area contributed by atoms with Crippen LogP contribution in [0.3, 0.4) is 0 Å². The second-order valence-corrected chi connectivity index (χ2v) is 9.68. The van der Waals surface area contributed by atoms with Gasteiger partial charge in [-0.2, -0.15) is 0 Å². The maximum Gasteiger partial charge on any atom is 0.316 e. The zero-order chi connectivity index (χ0) is 23.6. The van der Waals surface area contributed by atoms with E-state index in [1.54, 1.807) is 4.57 Å². The van der Waals surface area contributed by atoms with Gasteiger partial charge >= 0.3 is 5.97 Å². The Morgan fingerprint density at radius 3 is 2.79 bits per heavy atom. The summed E-state index contributed by atoms with van der Waals surface area (Å²) < 4.78 is 7.24. The Hall–Kier alpha value is -3.48. The van der Waals surface area contributed by atoms with E-state index in [2.05, 4.69) is 11.8 Å². The molecule has 0 fully saturated rings. The lowest BCUT2D eigenvalue weighted by atomic mass is 9.76. The average Bonchev–Trinajstić information content (AvgIpc) is 3.22. The van der Waals surface area contributed by atoms with Gasteiger partial charge in [0.25, 0.3) is 5.56 Å². The number of carbonyl (C=O) groups is 1. The minimum atomic E-state index is -0.831. The summed E-state index contributed by atoms with van der Waals surface area (Å²) in [6.45, 7) is 7.38. The molecule has 0 spiro atoms. The maximum absolute atomic E-state index is 13.7. The van der Waals surface area contributed by atoms with Crippen LogP contribution in [0, 0.1) is 0 Å². The molecular weight excluding hydrogens is 428 g/mol. The zero-order valence-corrected chi connectivity index (χ0v) is 19.9. The molecule has 7 nitrogen and oxygen atoms in total. The average molecular weight is 457 g/mol. The van der Waals surface area contributed by atoms with E-state index in [4.69, 9.17) is 14.7 Å². The predicted molar refractivity (Wildman–Crippen MR) is 133 cm³/mol. The Balaban J connectivity index is 1.60. The number of carbonyl (C=O) groups excluding carboxylic acids is 1. The number of unbranched alkanes of at least 4 members (excludes halogenated alkanes) is 2. The van der Waals surface area contributed by atoms with Gasteiger partial charge in [-0.1, -0.05) is 32.8 Å². The zero-order valence-electron chi connectivity index (χ0n) is 19.9. The number of esters is 1. The smallest absolute Gasteiger partial charge is 0.316 e. The van der Waals surface area contributed by atoms with Crippen LogP contribution < -0.4 is 10.5 Å². The highest BCUT2D eigenvalue weighted by molar-refractivity contribution is 6.11. The van der Waals surface area contributed by atoms with Crippen LogP contribution in [0.4, 0.5) is 11.4 Å². The van der Waals surface area contributed by atoms with Gasteiger partial charge in [-0.15, -0.1) is 0 Å². The van der Waals surface area contributed by atoms with Gasteiger partial charge in [0.2, 0.25) is 0 Å². The Labute approximate surface area is 198 Å². The van der Waals surface area contributed by atoms with E-state index in [0.29, 0.717) is 18.5 Å². The summed E-state index contributed by atoms with van der Waals surface area (Å²) in [6.07, 6.45) is 5.85. The third-order valence-electron chi connectivity index (χ3n) is 7.75. The Kier molecular flexibility index (Phi) is 4.66. The number of aliphatic imine (C=N–C) groups is 1. The van der Waals surface area contributed by atoms with Crippen molar-refractivity contribution in [2.24, 2.45) is 4.99 Å². The molecule has 174 valence electrons. The lowest BCUT2D eigenvalue weighted by Crippen LogP contribution is -2.42. The molecule has 1 aromatic carbocycles. The number of cyclic esters (lactones) is 1. The molecule has 6 rings (SSSR count). The van der Waals surface area contributed by atoms with Crippen LogP contribution in [-0.2, 0) is 28.1 Å². The number of pyridine rings is 2. The van der Waals surface area contributed by atoms with Gasteiger partial charge in [0.15, 0.2) is 0 Å². The van der Waals surface area contributed by atoms with Crippen molar-refractivity contribution in [1.82, 2.24) is 9.55 Å². The first-order valence-electron chi connectivity index (χ1n) is 12.2. The van der Waals surface area contributed by atoms with Gasteiger partial charge in [-0.3, -0.25) is 9.59 Å². The molecule has 2 aromatic heterocycles. The van der Waals surface area contributed by atoms with Crippen molar-refractivity contribution in [2.45, 2.75) is 65.0 Å². The molecule has 34 heavy (non-hydrogen) atoms. The van der Waals surface area contributed by atoms with Gasteiger partial charge < -0.3 is 14.2 Å². The normalized spacial score (nSPS) is 19.7. The Morgan fingerprint density at radius 2 is 2.00 bits per heavy atom. The molecule has 0 saturated heterocycles. The van der Waals surface area contributed by atoms with Gasteiger partial charge in [-0.05, 0) is 43.5 Å². The molecule has 3 aliphatic rings. The van der Waals surface area contributed by atoms with Gasteiger partial charge in [-0.25, -0.2) is 9.98 Å². The minimum Gasteiger partial charge on any atom is -0.460 e. The number of hydrogen-bond acceptors (Lipinski definition) is 6. The third kappa shape index (κ3) is 2.76. The fraction of sp³-hybridized carbons (Fsp3) is 0.407. The largest absolute Gasteiger partial charge is 0.460 e. The number of rotatable bonds is 5. The summed E-state index contributed by atoms with van der Waals surface area (Å²) in [7, 11) is 0. The highest BCUT2D eigenvalue weighted by Crippen LogP contribution is 2.46. The summed E-state index contributed by atoms with van der Waals surface area (Å²) in [5, 5.41) is 1.04. The molecule has 0 saturated carbocycles. The van der Waals surface area contributed by atoms with Crippen LogP contribution >= 0.6 is 0 Å². The van der Waals surface area contributed by atoms with Crippen LogP contribution in [-0.4, -0.2) is 28.4 Å². The molecule has 3 aromatic rings. The summed E-state index contributed by atoms with van der Waals surface area (Å²) in [4.78, 5) is 38.3. The summed E-state index contributed by atoms with van der Waals surface area (Å²) in [6, 6.07) is 8.02. The number of hydrogen-bond donors (Lipinski definition) is 0.